The molecule has 0 fully saturated rings. The zero-order chi connectivity index (χ0) is 57.6. The molecule has 0 saturated heterocycles. The molecule has 458 valence electrons. The first kappa shape index (κ1) is 76.3. The van der Waals surface area contributed by atoms with Gasteiger partial charge in [0.05, 0.1) is 6.61 Å². The van der Waals surface area contributed by atoms with E-state index in [1.807, 2.05) is 0 Å². The lowest BCUT2D eigenvalue weighted by molar-refractivity contribution is -0.161. The van der Waals surface area contributed by atoms with E-state index in [0.717, 1.165) is 96.3 Å². The minimum atomic E-state index is -0.780. The van der Waals surface area contributed by atoms with Gasteiger partial charge in [0, 0.05) is 12.8 Å². The van der Waals surface area contributed by atoms with Gasteiger partial charge in [-0.05, 0) is 109 Å². The normalized spacial score (nSPS) is 13.0. The van der Waals surface area contributed by atoms with Gasteiger partial charge in [0.15, 0.2) is 6.10 Å². The first-order valence-corrected chi connectivity index (χ1v) is 34.1. The molecule has 0 rings (SSSR count). The number of aliphatic hydroxyl groups is 1. The fourth-order valence-corrected chi connectivity index (χ4v) is 9.66. The molecule has 0 saturated carbocycles. The Morgan fingerprint density at radius 3 is 0.812 bits per heavy atom. The maximum Gasteiger partial charge on any atom is 0.306 e. The summed E-state index contributed by atoms with van der Waals surface area (Å²) < 4.78 is 10.8. The Bertz CT molecular complexity index is 1590. The summed E-state index contributed by atoms with van der Waals surface area (Å²) >= 11 is 0. The predicted octanol–water partition coefficient (Wildman–Crippen LogP) is 23.8. The summed E-state index contributed by atoms with van der Waals surface area (Å²) in [6, 6.07) is 0. The van der Waals surface area contributed by atoms with Gasteiger partial charge in [-0.1, -0.05) is 322 Å². The van der Waals surface area contributed by atoms with Gasteiger partial charge in [0.2, 0.25) is 0 Å². The van der Waals surface area contributed by atoms with Crippen molar-refractivity contribution < 1.29 is 24.2 Å². The van der Waals surface area contributed by atoms with E-state index >= 15 is 0 Å². The Morgan fingerprint density at radius 1 is 0.300 bits per heavy atom. The Morgan fingerprint density at radius 2 is 0.537 bits per heavy atom. The van der Waals surface area contributed by atoms with Gasteiger partial charge in [0.1, 0.15) is 6.61 Å². The highest BCUT2D eigenvalue weighted by atomic mass is 16.6. The van der Waals surface area contributed by atoms with Crippen molar-refractivity contribution in [2.75, 3.05) is 13.2 Å². The second-order valence-electron chi connectivity index (χ2n) is 22.5. The molecule has 0 aliphatic carbocycles. The summed E-state index contributed by atoms with van der Waals surface area (Å²) in [6.07, 6.45) is 102. The molecule has 0 heterocycles. The van der Waals surface area contributed by atoms with E-state index < -0.39 is 6.10 Å². The van der Waals surface area contributed by atoms with E-state index in [4.69, 9.17) is 9.47 Å². The number of carbonyl (C=O) groups is 2. The number of esters is 2. The minimum absolute atomic E-state index is 0.0690. The first-order valence-electron chi connectivity index (χ1n) is 34.1. The van der Waals surface area contributed by atoms with Crippen molar-refractivity contribution in [2.45, 2.75) is 328 Å². The first-order chi connectivity index (χ1) is 39.6. The lowest BCUT2D eigenvalue weighted by Gasteiger charge is -2.15. The Hall–Kier alpha value is -3.70. The smallest absolute Gasteiger partial charge is 0.306 e. The van der Waals surface area contributed by atoms with Gasteiger partial charge in [-0.15, -0.1) is 0 Å². The molecular weight excluding hydrogens is 981 g/mol. The van der Waals surface area contributed by atoms with Crippen LogP contribution in [0.5, 0.6) is 0 Å². The van der Waals surface area contributed by atoms with Crippen molar-refractivity contribution >= 4 is 11.9 Å². The van der Waals surface area contributed by atoms with Crippen LogP contribution in [0.15, 0.2) is 122 Å². The van der Waals surface area contributed by atoms with E-state index in [2.05, 4.69) is 135 Å². The van der Waals surface area contributed by atoms with Crippen molar-refractivity contribution in [3.8, 4) is 0 Å². The van der Waals surface area contributed by atoms with Crippen LogP contribution in [-0.4, -0.2) is 36.4 Å². The fourth-order valence-electron chi connectivity index (χ4n) is 9.66. The van der Waals surface area contributed by atoms with Gasteiger partial charge < -0.3 is 14.6 Å². The third kappa shape index (κ3) is 66.8. The van der Waals surface area contributed by atoms with Crippen molar-refractivity contribution in [1.29, 1.82) is 0 Å². The lowest BCUT2D eigenvalue weighted by atomic mass is 10.0. The van der Waals surface area contributed by atoms with Gasteiger partial charge in [-0.2, -0.15) is 0 Å². The van der Waals surface area contributed by atoms with Gasteiger partial charge in [-0.3, -0.25) is 9.59 Å². The molecule has 0 spiro atoms. The average Bonchev–Trinajstić information content (AvgIpc) is 3.46. The molecular formula is C75H128O5. The zero-order valence-corrected chi connectivity index (χ0v) is 52.6. The van der Waals surface area contributed by atoms with Crippen molar-refractivity contribution in [2.24, 2.45) is 0 Å². The second-order valence-corrected chi connectivity index (χ2v) is 22.5. The highest BCUT2D eigenvalue weighted by Crippen LogP contribution is 2.17. The van der Waals surface area contributed by atoms with Crippen LogP contribution < -0.4 is 0 Å². The van der Waals surface area contributed by atoms with Crippen LogP contribution in [0.2, 0.25) is 0 Å². The topological polar surface area (TPSA) is 72.8 Å². The number of hydrogen-bond acceptors (Lipinski definition) is 5. The van der Waals surface area contributed by atoms with Gasteiger partial charge in [-0.25, -0.2) is 0 Å². The third-order valence-corrected chi connectivity index (χ3v) is 14.7. The minimum Gasteiger partial charge on any atom is -0.462 e. The summed E-state index contributed by atoms with van der Waals surface area (Å²) in [4.78, 5) is 24.6. The molecule has 0 amide bonds. The average molecular weight is 1110 g/mol. The molecule has 1 unspecified atom stereocenters. The van der Waals surface area contributed by atoms with Crippen LogP contribution in [0.4, 0.5) is 0 Å². The van der Waals surface area contributed by atoms with Crippen molar-refractivity contribution in [1.82, 2.24) is 0 Å². The van der Waals surface area contributed by atoms with Crippen molar-refractivity contribution in [3.05, 3.63) is 122 Å². The standard InChI is InChI=1S/C75H128O5/c1-3-5-7-9-11-13-15-17-19-21-23-25-27-29-31-33-34-35-36-37-38-39-40-42-44-46-48-50-52-54-56-58-60-62-64-66-68-70-75(78)80-73(71-76)72-79-74(77)69-67-65-63-61-59-57-55-53-51-49-47-45-43-41-32-30-28-26-24-22-20-18-16-14-12-10-8-6-4-2/h5,7,11,13,16-19,22-25,29,31,34-35,37-38,40,42,73,76H,3-4,6,8-10,12,14-15,20-21,26-28,30,32-33,36,39,41,43-72H2,1-2H3/b7-5-,13-11-,18-16-,19-17-,24-22-,25-23-,31-29-,35-34-,38-37-,42-40-. The Kier molecular flexibility index (Phi) is 66.4. The van der Waals surface area contributed by atoms with Crippen LogP contribution in [0, 0.1) is 0 Å². The number of ether oxygens (including phenoxy) is 2. The van der Waals surface area contributed by atoms with Gasteiger partial charge >= 0.3 is 11.9 Å². The number of hydrogen-bond donors (Lipinski definition) is 1. The molecule has 1 N–H and O–H groups in total. The van der Waals surface area contributed by atoms with Gasteiger partial charge in [0.25, 0.3) is 0 Å². The van der Waals surface area contributed by atoms with Crippen LogP contribution >= 0.6 is 0 Å². The molecule has 0 aliphatic heterocycles. The zero-order valence-electron chi connectivity index (χ0n) is 52.6. The number of allylic oxidation sites excluding steroid dienone is 20. The Labute approximate surface area is 496 Å². The summed E-state index contributed by atoms with van der Waals surface area (Å²) in [6.45, 7) is 4.04. The number of carbonyl (C=O) groups excluding carboxylic acids is 2. The molecule has 0 aliphatic rings. The highest BCUT2D eigenvalue weighted by Gasteiger charge is 2.16. The SMILES string of the molecule is CC/C=C\C/C=C\C/C=C\C/C=C\C/C=C\C/C=C\C/C=C\C/C=C\CCCCCCCCCCCCCCC(=O)OC(CO)COC(=O)CCCCCCCCCCCCCCCCCCC/C=C\C/C=C\CCCCCCC. The van der Waals surface area contributed by atoms with Crippen LogP contribution in [0.1, 0.15) is 322 Å². The molecule has 80 heavy (non-hydrogen) atoms. The molecule has 1 atom stereocenters. The molecule has 5 nitrogen and oxygen atoms in total. The largest absolute Gasteiger partial charge is 0.462 e. The summed E-state index contributed by atoms with van der Waals surface area (Å²) in [5, 5.41) is 9.70. The Balaban J connectivity index is 3.50. The quantitative estimate of drug-likeness (QED) is 0.0373. The maximum absolute atomic E-state index is 12.4. The van der Waals surface area contributed by atoms with Crippen LogP contribution in [0.25, 0.3) is 0 Å². The summed E-state index contributed by atoms with van der Waals surface area (Å²) in [7, 11) is 0. The van der Waals surface area contributed by atoms with E-state index in [1.54, 1.807) is 0 Å². The molecule has 0 aromatic rings. The molecule has 0 aromatic heterocycles. The number of unbranched alkanes of at least 4 members (excludes halogenated alkanes) is 34. The van der Waals surface area contributed by atoms with Crippen molar-refractivity contribution in [3.63, 3.8) is 0 Å². The summed E-state index contributed by atoms with van der Waals surface area (Å²) in [5.41, 5.74) is 0. The number of rotatable bonds is 62. The lowest BCUT2D eigenvalue weighted by Crippen LogP contribution is -2.28. The summed E-state index contributed by atoms with van der Waals surface area (Å²) in [5.74, 6) is -0.586. The van der Waals surface area contributed by atoms with Crippen LogP contribution in [-0.2, 0) is 19.1 Å². The van der Waals surface area contributed by atoms with E-state index in [9.17, 15) is 14.7 Å². The van der Waals surface area contributed by atoms with E-state index in [1.165, 1.54) is 199 Å². The van der Waals surface area contributed by atoms with Crippen LogP contribution in [0.3, 0.4) is 0 Å². The maximum atomic E-state index is 12.4. The predicted molar refractivity (Wildman–Crippen MR) is 352 cm³/mol. The number of aliphatic hydroxyl groups excluding tert-OH is 1. The molecule has 5 heteroatoms. The fraction of sp³-hybridized carbons (Fsp3) is 0.707. The monoisotopic (exact) mass is 1110 g/mol. The second kappa shape index (κ2) is 69.6. The molecule has 0 radical (unpaired) electrons. The highest BCUT2D eigenvalue weighted by molar-refractivity contribution is 5.70. The molecule has 0 aromatic carbocycles. The van der Waals surface area contributed by atoms with E-state index in [0.29, 0.717) is 12.8 Å². The van der Waals surface area contributed by atoms with E-state index in [-0.39, 0.29) is 25.2 Å². The third-order valence-electron chi connectivity index (χ3n) is 14.7. The molecule has 0 bridgehead atoms.